The summed E-state index contributed by atoms with van der Waals surface area (Å²) in [6, 6.07) is 13.8. The monoisotopic (exact) mass is 390 g/mol. The molecular weight excluding hydrogens is 367 g/mol. The molecule has 3 rings (SSSR count). The van der Waals surface area contributed by atoms with E-state index in [2.05, 4.69) is 0 Å². The molecule has 2 aromatic rings. The number of amides is 1. The molecule has 0 radical (unpaired) electrons. The summed E-state index contributed by atoms with van der Waals surface area (Å²) in [7, 11) is -3.43. The third-order valence-corrected chi connectivity index (χ3v) is 6.10. The number of fused-ring (bicyclic) bond motifs is 1. The maximum atomic E-state index is 13.0. The van der Waals surface area contributed by atoms with Crippen LogP contribution in [0, 0.1) is 5.82 Å². The summed E-state index contributed by atoms with van der Waals surface area (Å²) in [5.41, 5.74) is 2.91. The molecule has 1 heterocycles. The Hall–Kier alpha value is -2.25. The summed E-state index contributed by atoms with van der Waals surface area (Å²) in [4.78, 5) is 14.3. The fourth-order valence-electron chi connectivity index (χ4n) is 3.30. The largest absolute Gasteiger partial charge is 0.312 e. The van der Waals surface area contributed by atoms with Gasteiger partial charge in [0, 0.05) is 31.7 Å². The normalized spacial score (nSPS) is 13.8. The minimum Gasteiger partial charge on any atom is -0.312 e. The van der Waals surface area contributed by atoms with Crippen LogP contribution in [0.1, 0.15) is 17.5 Å². The Morgan fingerprint density at radius 3 is 2.52 bits per heavy atom. The summed E-state index contributed by atoms with van der Waals surface area (Å²) in [5, 5.41) is 0. The lowest BCUT2D eigenvalue weighted by molar-refractivity contribution is -0.118. The highest BCUT2D eigenvalue weighted by Gasteiger charge is 2.25. The van der Waals surface area contributed by atoms with E-state index in [1.807, 2.05) is 24.3 Å². The summed E-state index contributed by atoms with van der Waals surface area (Å²) in [5.74, 6) is -0.398. The van der Waals surface area contributed by atoms with Crippen LogP contribution in [0.3, 0.4) is 0 Å². The number of hydrogen-bond acceptors (Lipinski definition) is 3. The van der Waals surface area contributed by atoms with Crippen molar-refractivity contribution in [3.63, 3.8) is 0 Å². The Labute approximate surface area is 159 Å². The van der Waals surface area contributed by atoms with Crippen LogP contribution in [-0.2, 0) is 27.7 Å². The van der Waals surface area contributed by atoms with Gasteiger partial charge in [0.05, 0.1) is 6.26 Å². The Balaban J connectivity index is 1.60. The van der Waals surface area contributed by atoms with Crippen LogP contribution in [0.4, 0.5) is 10.1 Å². The van der Waals surface area contributed by atoms with Gasteiger partial charge in [0.1, 0.15) is 5.82 Å². The van der Waals surface area contributed by atoms with Crippen LogP contribution in [0.2, 0.25) is 0 Å². The second kappa shape index (κ2) is 8.19. The number of anilines is 1. The first kappa shape index (κ1) is 19.5. The van der Waals surface area contributed by atoms with Crippen molar-refractivity contribution < 1.29 is 17.6 Å². The maximum Gasteiger partial charge on any atom is 0.228 e. The van der Waals surface area contributed by atoms with Crippen molar-refractivity contribution in [1.82, 2.24) is 4.31 Å². The lowest BCUT2D eigenvalue weighted by Gasteiger charge is -2.22. The third kappa shape index (κ3) is 4.93. The lowest BCUT2D eigenvalue weighted by atomic mass is 10.1. The van der Waals surface area contributed by atoms with Crippen molar-refractivity contribution >= 4 is 21.6 Å². The van der Waals surface area contributed by atoms with Crippen molar-refractivity contribution in [3.05, 3.63) is 65.5 Å². The van der Waals surface area contributed by atoms with E-state index in [4.69, 9.17) is 0 Å². The van der Waals surface area contributed by atoms with Crippen LogP contribution in [0.5, 0.6) is 0 Å². The molecule has 144 valence electrons. The highest BCUT2D eigenvalue weighted by atomic mass is 32.2. The van der Waals surface area contributed by atoms with Gasteiger partial charge in [-0.05, 0) is 42.2 Å². The molecule has 7 heteroatoms. The van der Waals surface area contributed by atoms with Crippen molar-refractivity contribution in [2.75, 3.05) is 30.8 Å². The summed E-state index contributed by atoms with van der Waals surface area (Å²) < 4.78 is 38.5. The number of nitrogens with zero attached hydrogens (tertiary/aromatic N) is 2. The van der Waals surface area contributed by atoms with Crippen LogP contribution in [-0.4, -0.2) is 44.5 Å². The van der Waals surface area contributed by atoms with Crippen molar-refractivity contribution in [2.45, 2.75) is 19.3 Å². The predicted molar refractivity (Wildman–Crippen MR) is 104 cm³/mol. The molecule has 0 saturated heterocycles. The highest BCUT2D eigenvalue weighted by molar-refractivity contribution is 7.88. The fraction of sp³-hybridized carbons (Fsp3) is 0.350. The van der Waals surface area contributed by atoms with Crippen molar-refractivity contribution in [3.8, 4) is 0 Å². The number of benzene rings is 2. The molecule has 0 N–H and O–H groups in total. The average Bonchev–Trinajstić information content (AvgIpc) is 3.06. The first-order chi connectivity index (χ1) is 12.8. The quantitative estimate of drug-likeness (QED) is 0.730. The number of hydrogen-bond donors (Lipinski definition) is 0. The van der Waals surface area contributed by atoms with Gasteiger partial charge >= 0.3 is 0 Å². The van der Waals surface area contributed by atoms with E-state index in [1.54, 1.807) is 17.0 Å². The molecule has 0 bridgehead atoms. The van der Waals surface area contributed by atoms with E-state index in [-0.39, 0.29) is 31.2 Å². The summed E-state index contributed by atoms with van der Waals surface area (Å²) in [6.07, 6.45) is 2.56. The van der Waals surface area contributed by atoms with Gasteiger partial charge in [0.15, 0.2) is 0 Å². The van der Waals surface area contributed by atoms with E-state index in [0.29, 0.717) is 13.0 Å². The molecule has 5 nitrogen and oxygen atoms in total. The molecule has 0 fully saturated rings. The standard InChI is InChI=1S/C20H23FN2O3S/c1-27(25,26)22(13-10-16-6-8-18(21)9-7-16)14-12-20(24)23-15-11-17-4-2-3-5-19(17)23/h2-9H,10-15H2,1H3. The molecule has 1 aliphatic rings. The second-order valence-electron chi connectivity index (χ2n) is 6.71. The van der Waals surface area contributed by atoms with Gasteiger partial charge in [-0.25, -0.2) is 17.1 Å². The Kier molecular flexibility index (Phi) is 5.92. The van der Waals surface area contributed by atoms with Crippen LogP contribution >= 0.6 is 0 Å². The van der Waals surface area contributed by atoms with E-state index >= 15 is 0 Å². The minimum atomic E-state index is -3.43. The smallest absolute Gasteiger partial charge is 0.228 e. The number of rotatable bonds is 7. The van der Waals surface area contributed by atoms with Crippen LogP contribution < -0.4 is 4.90 Å². The molecule has 0 spiro atoms. The molecular formula is C20H23FN2O3S. The molecule has 0 unspecified atom stereocenters. The molecule has 0 atom stereocenters. The number of sulfonamides is 1. The maximum absolute atomic E-state index is 13.0. The molecule has 0 aromatic heterocycles. The first-order valence-electron chi connectivity index (χ1n) is 8.92. The van der Waals surface area contributed by atoms with Gasteiger partial charge in [0.2, 0.25) is 15.9 Å². The molecule has 27 heavy (non-hydrogen) atoms. The van der Waals surface area contributed by atoms with Gasteiger partial charge in [-0.15, -0.1) is 0 Å². The Morgan fingerprint density at radius 1 is 1.11 bits per heavy atom. The van der Waals surface area contributed by atoms with Gasteiger partial charge in [-0.3, -0.25) is 4.79 Å². The van der Waals surface area contributed by atoms with Gasteiger partial charge < -0.3 is 4.90 Å². The van der Waals surface area contributed by atoms with E-state index in [1.165, 1.54) is 16.4 Å². The van der Waals surface area contributed by atoms with Gasteiger partial charge in [-0.1, -0.05) is 30.3 Å². The van der Waals surface area contributed by atoms with E-state index < -0.39 is 10.0 Å². The molecule has 1 aliphatic heterocycles. The topological polar surface area (TPSA) is 57.7 Å². The zero-order valence-corrected chi connectivity index (χ0v) is 16.1. The predicted octanol–water partition coefficient (Wildman–Crippen LogP) is 2.61. The van der Waals surface area contributed by atoms with Crippen molar-refractivity contribution in [2.24, 2.45) is 0 Å². The zero-order chi connectivity index (χ0) is 19.4. The number of para-hydroxylation sites is 1. The lowest BCUT2D eigenvalue weighted by Crippen LogP contribution is -2.37. The number of carbonyl (C=O) groups excluding carboxylic acids is 1. The first-order valence-corrected chi connectivity index (χ1v) is 10.8. The summed E-state index contributed by atoms with van der Waals surface area (Å²) >= 11 is 0. The van der Waals surface area contributed by atoms with Gasteiger partial charge in [0.25, 0.3) is 0 Å². The minimum absolute atomic E-state index is 0.0737. The fourth-order valence-corrected chi connectivity index (χ4v) is 4.15. The number of carbonyl (C=O) groups is 1. The Bertz CT molecular complexity index is 913. The van der Waals surface area contributed by atoms with Crippen LogP contribution in [0.25, 0.3) is 0 Å². The average molecular weight is 390 g/mol. The number of halogens is 1. The second-order valence-corrected chi connectivity index (χ2v) is 8.70. The van der Waals surface area contributed by atoms with Crippen LogP contribution in [0.15, 0.2) is 48.5 Å². The van der Waals surface area contributed by atoms with Gasteiger partial charge in [-0.2, -0.15) is 0 Å². The third-order valence-electron chi connectivity index (χ3n) is 4.80. The highest BCUT2D eigenvalue weighted by Crippen LogP contribution is 2.27. The molecule has 0 saturated carbocycles. The van der Waals surface area contributed by atoms with E-state index in [9.17, 15) is 17.6 Å². The van der Waals surface area contributed by atoms with Crippen molar-refractivity contribution in [1.29, 1.82) is 0 Å². The van der Waals surface area contributed by atoms with E-state index in [0.717, 1.165) is 29.5 Å². The molecule has 1 amide bonds. The zero-order valence-electron chi connectivity index (χ0n) is 15.3. The Morgan fingerprint density at radius 2 is 1.81 bits per heavy atom. The summed E-state index contributed by atoms with van der Waals surface area (Å²) in [6.45, 7) is 1.03. The molecule has 2 aromatic carbocycles. The molecule has 0 aliphatic carbocycles. The SMILES string of the molecule is CS(=O)(=O)N(CCC(=O)N1CCc2ccccc21)CCc1ccc(F)cc1.